The summed E-state index contributed by atoms with van der Waals surface area (Å²) in [6, 6.07) is 0. The van der Waals surface area contributed by atoms with Crippen LogP contribution in [0.5, 0.6) is 0 Å². The molecule has 0 aliphatic rings. The van der Waals surface area contributed by atoms with Crippen LogP contribution in [-0.2, 0) is 4.79 Å². The van der Waals surface area contributed by atoms with Crippen LogP contribution in [0.15, 0.2) is 16.9 Å². The Labute approximate surface area is 89.9 Å². The molecule has 6 heteroatoms. The van der Waals surface area contributed by atoms with Crippen LogP contribution < -0.4 is 4.90 Å². The number of nitrogens with zero attached hydrogens (tertiary/aromatic N) is 3. The van der Waals surface area contributed by atoms with Crippen LogP contribution in [0.2, 0.25) is 0 Å². The van der Waals surface area contributed by atoms with Crippen molar-refractivity contribution >= 4 is 27.8 Å². The molecule has 5 nitrogen and oxygen atoms in total. The molecule has 0 saturated carbocycles. The number of aromatic nitrogens is 2. The van der Waals surface area contributed by atoms with Gasteiger partial charge >= 0.3 is 5.97 Å². The predicted molar refractivity (Wildman–Crippen MR) is 55.3 cm³/mol. The highest BCUT2D eigenvalue weighted by atomic mass is 79.9. The second-order valence-electron chi connectivity index (χ2n) is 2.61. The van der Waals surface area contributed by atoms with Gasteiger partial charge in [-0.3, -0.25) is 4.79 Å². The Bertz CT molecular complexity index is 315. The van der Waals surface area contributed by atoms with E-state index in [9.17, 15) is 4.79 Å². The van der Waals surface area contributed by atoms with Crippen LogP contribution in [0.25, 0.3) is 0 Å². The van der Waals surface area contributed by atoms with E-state index in [0.717, 1.165) is 4.47 Å². The highest BCUT2D eigenvalue weighted by Crippen LogP contribution is 2.10. The fourth-order valence-electron chi connectivity index (χ4n) is 0.956. The number of carboxylic acid groups (broad SMARTS) is 1. The molecule has 0 atom stereocenters. The molecule has 0 spiro atoms. The lowest BCUT2D eigenvalue weighted by Gasteiger charge is -2.17. The molecule has 0 aliphatic carbocycles. The fraction of sp³-hybridized carbons (Fsp3) is 0.375. The lowest BCUT2D eigenvalue weighted by molar-refractivity contribution is -0.135. The summed E-state index contributed by atoms with van der Waals surface area (Å²) in [6.07, 6.45) is 3.18. The SMILES string of the molecule is CCN(CC(=O)O)c1ncc(Br)cn1. The molecule has 0 radical (unpaired) electrons. The molecule has 76 valence electrons. The summed E-state index contributed by atoms with van der Waals surface area (Å²) in [6.45, 7) is 2.33. The minimum absolute atomic E-state index is 0.0852. The second kappa shape index (κ2) is 4.90. The maximum absolute atomic E-state index is 10.5. The maximum atomic E-state index is 10.5. The van der Waals surface area contributed by atoms with E-state index in [0.29, 0.717) is 12.5 Å². The number of hydrogen-bond donors (Lipinski definition) is 1. The van der Waals surface area contributed by atoms with Crippen LogP contribution in [0.3, 0.4) is 0 Å². The average molecular weight is 260 g/mol. The summed E-state index contributed by atoms with van der Waals surface area (Å²) >= 11 is 3.21. The monoisotopic (exact) mass is 259 g/mol. The van der Waals surface area contributed by atoms with E-state index in [-0.39, 0.29) is 6.54 Å². The second-order valence-corrected chi connectivity index (χ2v) is 3.52. The van der Waals surface area contributed by atoms with Crippen molar-refractivity contribution < 1.29 is 9.90 Å². The number of carbonyl (C=O) groups is 1. The minimum Gasteiger partial charge on any atom is -0.480 e. The van der Waals surface area contributed by atoms with Crippen LogP contribution in [0.1, 0.15) is 6.92 Å². The molecule has 0 amide bonds. The Balaban J connectivity index is 2.78. The quantitative estimate of drug-likeness (QED) is 0.879. The van der Waals surface area contributed by atoms with Gasteiger partial charge in [0, 0.05) is 18.9 Å². The summed E-state index contributed by atoms with van der Waals surface area (Å²) in [5, 5.41) is 8.62. The Morgan fingerprint density at radius 2 is 2.14 bits per heavy atom. The van der Waals surface area contributed by atoms with Crippen LogP contribution in [0.4, 0.5) is 5.95 Å². The number of aliphatic carboxylic acids is 1. The summed E-state index contributed by atoms with van der Waals surface area (Å²) in [5.74, 6) is -0.462. The average Bonchev–Trinajstić information content (AvgIpc) is 2.15. The zero-order chi connectivity index (χ0) is 10.6. The van der Waals surface area contributed by atoms with Crippen LogP contribution in [-0.4, -0.2) is 34.1 Å². The topological polar surface area (TPSA) is 66.3 Å². The number of rotatable bonds is 4. The standard InChI is InChI=1S/C8H10BrN3O2/c1-2-12(5-7(13)14)8-10-3-6(9)4-11-8/h3-4H,2,5H2,1H3,(H,13,14). The van der Waals surface area contributed by atoms with Gasteiger partial charge in [0.15, 0.2) is 0 Å². The third-order valence-corrected chi connectivity index (χ3v) is 2.01. The summed E-state index contributed by atoms with van der Waals surface area (Å²) in [7, 11) is 0. The molecule has 14 heavy (non-hydrogen) atoms. The lowest BCUT2D eigenvalue weighted by Crippen LogP contribution is -2.30. The first kappa shape index (κ1) is 10.9. The number of halogens is 1. The number of anilines is 1. The molecule has 0 aromatic carbocycles. The van der Waals surface area contributed by atoms with E-state index in [1.54, 1.807) is 17.3 Å². The van der Waals surface area contributed by atoms with E-state index in [1.165, 1.54) is 0 Å². The van der Waals surface area contributed by atoms with Crippen molar-refractivity contribution in [2.24, 2.45) is 0 Å². The molecule has 1 heterocycles. The van der Waals surface area contributed by atoms with Gasteiger partial charge in [0.2, 0.25) is 5.95 Å². The first-order valence-electron chi connectivity index (χ1n) is 4.07. The van der Waals surface area contributed by atoms with Gasteiger partial charge in [0.25, 0.3) is 0 Å². The molecular formula is C8H10BrN3O2. The van der Waals surface area contributed by atoms with Crippen molar-refractivity contribution in [1.82, 2.24) is 9.97 Å². The van der Waals surface area contributed by atoms with Crippen molar-refractivity contribution in [3.8, 4) is 0 Å². The van der Waals surface area contributed by atoms with E-state index in [2.05, 4.69) is 25.9 Å². The molecule has 0 unspecified atom stereocenters. The largest absolute Gasteiger partial charge is 0.480 e. The molecular weight excluding hydrogens is 250 g/mol. The van der Waals surface area contributed by atoms with Crippen molar-refractivity contribution in [1.29, 1.82) is 0 Å². The zero-order valence-corrected chi connectivity index (χ0v) is 9.23. The summed E-state index contributed by atoms with van der Waals surface area (Å²) in [5.41, 5.74) is 0. The van der Waals surface area contributed by atoms with E-state index in [4.69, 9.17) is 5.11 Å². The van der Waals surface area contributed by atoms with Crippen molar-refractivity contribution in [3.05, 3.63) is 16.9 Å². The van der Waals surface area contributed by atoms with Gasteiger partial charge in [0.1, 0.15) is 6.54 Å². The van der Waals surface area contributed by atoms with Crippen molar-refractivity contribution in [2.75, 3.05) is 18.0 Å². The van der Waals surface area contributed by atoms with Gasteiger partial charge in [0.05, 0.1) is 4.47 Å². The maximum Gasteiger partial charge on any atom is 0.323 e. The van der Waals surface area contributed by atoms with E-state index >= 15 is 0 Å². The Kier molecular flexibility index (Phi) is 3.82. The van der Waals surface area contributed by atoms with Gasteiger partial charge in [-0.2, -0.15) is 0 Å². The first-order chi connectivity index (χ1) is 6.63. The Morgan fingerprint density at radius 3 is 2.57 bits per heavy atom. The smallest absolute Gasteiger partial charge is 0.323 e. The molecule has 0 aliphatic heterocycles. The van der Waals surface area contributed by atoms with Gasteiger partial charge < -0.3 is 10.0 Å². The third kappa shape index (κ3) is 2.95. The predicted octanol–water partition coefficient (Wildman–Crippen LogP) is 1.15. The van der Waals surface area contributed by atoms with Gasteiger partial charge in [-0.25, -0.2) is 9.97 Å². The van der Waals surface area contributed by atoms with Crippen LogP contribution in [0, 0.1) is 0 Å². The summed E-state index contributed by atoms with van der Waals surface area (Å²) in [4.78, 5) is 20.1. The molecule has 1 aromatic heterocycles. The summed E-state index contributed by atoms with van der Waals surface area (Å²) < 4.78 is 0.771. The number of likely N-dealkylation sites (N-methyl/N-ethyl adjacent to an activating group) is 1. The number of carboxylic acids is 1. The minimum atomic E-state index is -0.890. The molecule has 0 fully saturated rings. The van der Waals surface area contributed by atoms with Crippen molar-refractivity contribution in [3.63, 3.8) is 0 Å². The molecule has 0 bridgehead atoms. The van der Waals surface area contributed by atoms with Crippen molar-refractivity contribution in [2.45, 2.75) is 6.92 Å². The highest BCUT2D eigenvalue weighted by Gasteiger charge is 2.10. The number of hydrogen-bond acceptors (Lipinski definition) is 4. The molecule has 0 saturated heterocycles. The first-order valence-corrected chi connectivity index (χ1v) is 4.87. The van der Waals surface area contributed by atoms with Crippen LogP contribution >= 0.6 is 15.9 Å². The Hall–Kier alpha value is -1.17. The molecule has 1 N–H and O–H groups in total. The van der Waals surface area contributed by atoms with E-state index in [1.807, 2.05) is 6.92 Å². The van der Waals surface area contributed by atoms with Gasteiger partial charge in [-0.1, -0.05) is 0 Å². The Morgan fingerprint density at radius 1 is 1.57 bits per heavy atom. The highest BCUT2D eigenvalue weighted by molar-refractivity contribution is 9.10. The van der Waals surface area contributed by atoms with E-state index < -0.39 is 5.97 Å². The van der Waals surface area contributed by atoms with Gasteiger partial charge in [-0.15, -0.1) is 0 Å². The van der Waals surface area contributed by atoms with Gasteiger partial charge in [-0.05, 0) is 22.9 Å². The molecule has 1 rings (SSSR count). The normalized spacial score (nSPS) is 9.86. The third-order valence-electron chi connectivity index (χ3n) is 1.60. The fourth-order valence-corrected chi connectivity index (χ4v) is 1.16. The molecule has 1 aromatic rings. The lowest BCUT2D eigenvalue weighted by atomic mass is 10.5. The zero-order valence-electron chi connectivity index (χ0n) is 7.64.